The summed E-state index contributed by atoms with van der Waals surface area (Å²) in [5, 5.41) is 19.7. The molecule has 0 bridgehead atoms. The number of anilines is 1. The van der Waals surface area contributed by atoms with E-state index in [1.165, 1.54) is 11.1 Å². The van der Waals surface area contributed by atoms with Gasteiger partial charge in [0, 0.05) is 52.1 Å². The highest BCUT2D eigenvalue weighted by atomic mass is 19.4. The van der Waals surface area contributed by atoms with E-state index < -0.39 is 18.1 Å². The molecule has 1 aliphatic rings. The largest absolute Gasteiger partial charge is 0.490 e. The van der Waals surface area contributed by atoms with Crippen LogP contribution in [-0.2, 0) is 9.53 Å². The van der Waals surface area contributed by atoms with Crippen LogP contribution in [-0.4, -0.2) is 90.5 Å². The van der Waals surface area contributed by atoms with Crippen LogP contribution in [0.25, 0.3) is 0 Å². The summed E-state index contributed by atoms with van der Waals surface area (Å²) in [6, 6.07) is 28.3. The third-order valence-electron chi connectivity index (χ3n) is 6.61. The molecule has 12 heteroatoms. The number of carboxylic acid groups (broad SMARTS) is 2. The molecule has 3 N–H and O–H groups in total. The molecule has 1 fully saturated rings. The summed E-state index contributed by atoms with van der Waals surface area (Å²) >= 11 is 0. The van der Waals surface area contributed by atoms with Gasteiger partial charge in [0.1, 0.15) is 0 Å². The van der Waals surface area contributed by atoms with Crippen LogP contribution in [0.4, 0.5) is 18.9 Å². The third kappa shape index (κ3) is 10.4. The molecule has 43 heavy (non-hydrogen) atoms. The van der Waals surface area contributed by atoms with Crippen LogP contribution in [0.5, 0.6) is 0 Å². The van der Waals surface area contributed by atoms with Crippen molar-refractivity contribution in [3.8, 4) is 0 Å². The number of hydrogen-bond acceptors (Lipinski definition) is 5. The van der Waals surface area contributed by atoms with E-state index in [4.69, 9.17) is 19.6 Å². The summed E-state index contributed by atoms with van der Waals surface area (Å²) in [5.41, 5.74) is 3.67. The van der Waals surface area contributed by atoms with Crippen LogP contribution in [0.3, 0.4) is 0 Å². The second kappa shape index (κ2) is 16.3. The lowest BCUT2D eigenvalue weighted by molar-refractivity contribution is -0.192. The lowest BCUT2D eigenvalue weighted by Crippen LogP contribution is -2.51. The molecule has 3 aromatic rings. The summed E-state index contributed by atoms with van der Waals surface area (Å²) in [4.78, 5) is 29.8. The van der Waals surface area contributed by atoms with E-state index in [2.05, 4.69) is 75.8 Å². The molecule has 0 spiro atoms. The Hall–Kier alpha value is -4.42. The van der Waals surface area contributed by atoms with Gasteiger partial charge in [0.05, 0.1) is 11.6 Å². The van der Waals surface area contributed by atoms with Gasteiger partial charge in [-0.05, 0) is 41.8 Å². The van der Waals surface area contributed by atoms with E-state index in [1.807, 2.05) is 0 Å². The first-order valence-electron chi connectivity index (χ1n) is 13.6. The third-order valence-corrected chi connectivity index (χ3v) is 6.61. The van der Waals surface area contributed by atoms with E-state index in [9.17, 15) is 23.1 Å². The highest BCUT2D eigenvalue weighted by Crippen LogP contribution is 2.29. The van der Waals surface area contributed by atoms with Crippen molar-refractivity contribution in [2.24, 2.45) is 4.99 Å². The van der Waals surface area contributed by atoms with Crippen LogP contribution in [0, 0.1) is 0 Å². The Kier molecular flexibility index (Phi) is 12.5. The maximum atomic E-state index is 11.2. The number of aromatic carboxylic acids is 1. The van der Waals surface area contributed by atoms with Crippen molar-refractivity contribution in [3.05, 3.63) is 102 Å². The predicted octanol–water partition coefficient (Wildman–Crippen LogP) is 5.23. The van der Waals surface area contributed by atoms with Crippen molar-refractivity contribution < 1.29 is 37.7 Å². The van der Waals surface area contributed by atoms with Gasteiger partial charge < -0.3 is 25.2 Å². The summed E-state index contributed by atoms with van der Waals surface area (Å²) in [5.74, 6) is -2.88. The molecule has 0 radical (unpaired) electrons. The SMILES string of the molecule is COCCCN=C(Nc1ccc(C(=O)O)cc1)N1CCN(C(c2ccccc2)c2ccccc2)CC1.O=C(O)C(F)(F)F. The predicted molar refractivity (Wildman–Crippen MR) is 157 cm³/mol. The average molecular weight is 601 g/mol. The average Bonchev–Trinajstić information content (AvgIpc) is 3.00. The molecule has 0 aromatic heterocycles. The molecule has 0 atom stereocenters. The first-order valence-corrected chi connectivity index (χ1v) is 13.6. The van der Waals surface area contributed by atoms with Gasteiger partial charge in [0.25, 0.3) is 0 Å². The van der Waals surface area contributed by atoms with E-state index in [0.717, 1.165) is 44.2 Å². The number of halogens is 3. The van der Waals surface area contributed by atoms with Gasteiger partial charge in [0.2, 0.25) is 0 Å². The zero-order valence-corrected chi connectivity index (χ0v) is 23.7. The zero-order chi connectivity index (χ0) is 31.2. The first-order chi connectivity index (χ1) is 20.6. The molecule has 0 saturated carbocycles. The molecule has 0 unspecified atom stereocenters. The Morgan fingerprint density at radius 2 is 1.40 bits per heavy atom. The number of benzene rings is 3. The number of hydrogen-bond donors (Lipinski definition) is 3. The smallest absolute Gasteiger partial charge is 0.478 e. The maximum absolute atomic E-state index is 11.2. The van der Waals surface area contributed by atoms with Gasteiger partial charge in [-0.25, -0.2) is 9.59 Å². The number of alkyl halides is 3. The molecule has 9 nitrogen and oxygen atoms in total. The number of carbonyl (C=O) groups is 2. The van der Waals surface area contributed by atoms with E-state index in [0.29, 0.717) is 13.2 Å². The monoisotopic (exact) mass is 600 g/mol. The number of rotatable bonds is 9. The molecule has 230 valence electrons. The molecule has 0 aliphatic carbocycles. The van der Waals surface area contributed by atoms with Gasteiger partial charge in [0.15, 0.2) is 5.96 Å². The molecule has 1 aliphatic heterocycles. The van der Waals surface area contributed by atoms with Crippen LogP contribution < -0.4 is 5.32 Å². The topological polar surface area (TPSA) is 115 Å². The molecular weight excluding hydrogens is 565 g/mol. The lowest BCUT2D eigenvalue weighted by Gasteiger charge is -2.41. The fraction of sp³-hybridized carbons (Fsp3) is 0.323. The van der Waals surface area contributed by atoms with Gasteiger partial charge in [-0.2, -0.15) is 13.2 Å². The van der Waals surface area contributed by atoms with Crippen molar-refractivity contribution in [1.29, 1.82) is 0 Å². The van der Waals surface area contributed by atoms with Crippen molar-refractivity contribution in [2.75, 3.05) is 51.8 Å². The minimum atomic E-state index is -5.08. The Balaban J connectivity index is 0.000000646. The number of nitrogens with one attached hydrogen (secondary N) is 1. The fourth-order valence-corrected chi connectivity index (χ4v) is 4.51. The summed E-state index contributed by atoms with van der Waals surface area (Å²) in [7, 11) is 1.70. The minimum Gasteiger partial charge on any atom is -0.478 e. The van der Waals surface area contributed by atoms with Crippen molar-refractivity contribution in [3.63, 3.8) is 0 Å². The first kappa shape index (κ1) is 33.1. The maximum Gasteiger partial charge on any atom is 0.490 e. The highest BCUT2D eigenvalue weighted by molar-refractivity contribution is 5.94. The molecule has 1 saturated heterocycles. The van der Waals surface area contributed by atoms with E-state index >= 15 is 0 Å². The molecule has 0 amide bonds. The molecular formula is C31H35F3N4O5. The zero-order valence-electron chi connectivity index (χ0n) is 23.7. The highest BCUT2D eigenvalue weighted by Gasteiger charge is 2.38. The standard InChI is InChI=1S/C29H34N4O3.C2HF3O2/c1-36-22-8-17-30-29(31-26-15-13-25(14-16-26)28(34)35)33-20-18-32(19-21-33)27(23-9-4-2-5-10-23)24-11-6-3-7-12-24;3-2(4,5)1(6)7/h2-7,9-16,27H,8,17-22H2,1H3,(H,30,31)(H,34,35);(H,6,7). The number of aliphatic imine (C=N–C) groups is 1. The summed E-state index contributed by atoms with van der Waals surface area (Å²) in [6.45, 7) is 4.77. The van der Waals surface area contributed by atoms with Crippen LogP contribution in [0.2, 0.25) is 0 Å². The van der Waals surface area contributed by atoms with Gasteiger partial charge in [-0.3, -0.25) is 9.89 Å². The molecule has 3 aromatic carbocycles. The van der Waals surface area contributed by atoms with Crippen molar-refractivity contribution >= 4 is 23.6 Å². The van der Waals surface area contributed by atoms with Crippen molar-refractivity contribution in [1.82, 2.24) is 9.80 Å². The summed E-state index contributed by atoms with van der Waals surface area (Å²) in [6.07, 6.45) is -4.25. The van der Waals surface area contributed by atoms with E-state index in [-0.39, 0.29) is 11.6 Å². The van der Waals surface area contributed by atoms with Gasteiger partial charge in [-0.15, -0.1) is 0 Å². The Morgan fingerprint density at radius 3 is 1.84 bits per heavy atom. The number of carboxylic acids is 2. The van der Waals surface area contributed by atoms with Gasteiger partial charge in [-0.1, -0.05) is 60.7 Å². The quantitative estimate of drug-likeness (QED) is 0.174. The van der Waals surface area contributed by atoms with Crippen LogP contribution in [0.1, 0.15) is 33.9 Å². The second-order valence-corrected chi connectivity index (χ2v) is 9.61. The Morgan fingerprint density at radius 1 is 0.884 bits per heavy atom. The molecule has 1 heterocycles. The number of ether oxygens (including phenoxy) is 1. The Bertz CT molecular complexity index is 1280. The van der Waals surface area contributed by atoms with Crippen LogP contribution in [0.15, 0.2) is 89.9 Å². The lowest BCUT2D eigenvalue weighted by atomic mass is 9.96. The molecule has 4 rings (SSSR count). The number of aliphatic carboxylic acids is 1. The summed E-state index contributed by atoms with van der Waals surface area (Å²) < 4.78 is 36.9. The number of methoxy groups -OCH3 is 1. The number of piperazine rings is 1. The second-order valence-electron chi connectivity index (χ2n) is 9.61. The normalized spacial score (nSPS) is 14.2. The van der Waals surface area contributed by atoms with E-state index in [1.54, 1.807) is 31.4 Å². The number of nitrogens with zero attached hydrogens (tertiary/aromatic N) is 3. The number of guanidine groups is 1. The van der Waals surface area contributed by atoms with Crippen LogP contribution >= 0.6 is 0 Å². The fourth-order valence-electron chi connectivity index (χ4n) is 4.51. The van der Waals surface area contributed by atoms with Crippen molar-refractivity contribution in [2.45, 2.75) is 18.6 Å². The minimum absolute atomic E-state index is 0.202. The van der Waals surface area contributed by atoms with Gasteiger partial charge >= 0.3 is 18.1 Å². The Labute approximate surface area is 248 Å².